The van der Waals surface area contributed by atoms with Gasteiger partial charge < -0.3 is 4.74 Å². The van der Waals surface area contributed by atoms with Crippen LogP contribution in [0.15, 0.2) is 30.3 Å². The molecular weight excluding hydrogens is 308 g/mol. The second-order valence-electron chi connectivity index (χ2n) is 8.56. The molecule has 0 bridgehead atoms. The lowest BCUT2D eigenvalue weighted by molar-refractivity contribution is -0.159. The topological polar surface area (TPSA) is 26.3 Å². The van der Waals surface area contributed by atoms with Crippen LogP contribution in [0.5, 0.6) is 0 Å². The molecule has 0 amide bonds. The first kappa shape index (κ1) is 17.1. The predicted molar refractivity (Wildman–Crippen MR) is 100 cm³/mol. The van der Waals surface area contributed by atoms with Crippen molar-refractivity contribution < 1.29 is 9.53 Å². The molecule has 0 radical (unpaired) electrons. The summed E-state index contributed by atoms with van der Waals surface area (Å²) in [7, 11) is 0. The highest BCUT2D eigenvalue weighted by molar-refractivity contribution is 5.77. The minimum Gasteiger partial charge on any atom is -0.462 e. The molecule has 2 atom stereocenters. The zero-order chi connectivity index (χ0) is 17.1. The number of carbonyl (C=O) groups excluding carboxylic acids is 1. The van der Waals surface area contributed by atoms with Crippen molar-refractivity contribution in [1.29, 1.82) is 0 Å². The average Bonchev–Trinajstić information content (AvgIpc) is 3.49. The fraction of sp³-hybridized carbons (Fsp3) is 0.696. The van der Waals surface area contributed by atoms with E-state index in [0.29, 0.717) is 17.8 Å². The number of esters is 1. The molecule has 0 saturated heterocycles. The van der Waals surface area contributed by atoms with E-state index < -0.39 is 0 Å². The third-order valence-electron chi connectivity index (χ3n) is 6.80. The van der Waals surface area contributed by atoms with Crippen LogP contribution in [0.1, 0.15) is 82.1 Å². The Hall–Kier alpha value is -1.31. The summed E-state index contributed by atoms with van der Waals surface area (Å²) < 4.78 is 6.27. The molecule has 0 unspecified atom stereocenters. The second kappa shape index (κ2) is 7.93. The van der Waals surface area contributed by atoms with Crippen LogP contribution in [0.25, 0.3) is 0 Å². The molecule has 3 aliphatic rings. The van der Waals surface area contributed by atoms with Crippen LogP contribution in [0.4, 0.5) is 0 Å². The molecule has 2 nitrogen and oxygen atoms in total. The van der Waals surface area contributed by atoms with Gasteiger partial charge in [-0.15, -0.1) is 0 Å². The van der Waals surface area contributed by atoms with Gasteiger partial charge in [-0.3, -0.25) is 4.79 Å². The summed E-state index contributed by atoms with van der Waals surface area (Å²) in [6.45, 7) is 0. The van der Waals surface area contributed by atoms with E-state index in [0.717, 1.165) is 6.42 Å². The van der Waals surface area contributed by atoms with E-state index in [-0.39, 0.29) is 18.0 Å². The molecule has 0 aliphatic heterocycles. The van der Waals surface area contributed by atoms with Crippen LogP contribution in [0, 0.1) is 17.8 Å². The molecule has 25 heavy (non-hydrogen) atoms. The third-order valence-corrected chi connectivity index (χ3v) is 6.80. The number of carbonyl (C=O) groups is 1. The van der Waals surface area contributed by atoms with Crippen molar-refractivity contribution in [3.05, 3.63) is 35.9 Å². The average molecular weight is 341 g/mol. The van der Waals surface area contributed by atoms with E-state index in [2.05, 4.69) is 24.3 Å². The molecule has 3 fully saturated rings. The van der Waals surface area contributed by atoms with E-state index in [4.69, 9.17) is 4.74 Å². The van der Waals surface area contributed by atoms with Gasteiger partial charge in [0, 0.05) is 0 Å². The fourth-order valence-corrected chi connectivity index (χ4v) is 5.25. The van der Waals surface area contributed by atoms with Crippen LogP contribution in [-0.4, -0.2) is 12.1 Å². The van der Waals surface area contributed by atoms with Gasteiger partial charge >= 0.3 is 5.97 Å². The van der Waals surface area contributed by atoms with Crippen molar-refractivity contribution in [3.8, 4) is 0 Å². The molecule has 3 saturated carbocycles. The first-order valence-corrected chi connectivity index (χ1v) is 10.6. The summed E-state index contributed by atoms with van der Waals surface area (Å²) in [5.74, 6) is 1.84. The molecule has 136 valence electrons. The van der Waals surface area contributed by atoms with E-state index in [1.807, 2.05) is 6.07 Å². The van der Waals surface area contributed by atoms with Crippen LogP contribution >= 0.6 is 0 Å². The monoisotopic (exact) mass is 340 g/mol. The normalized spacial score (nSPS) is 28.0. The van der Waals surface area contributed by atoms with Crippen LogP contribution in [0.2, 0.25) is 0 Å². The van der Waals surface area contributed by atoms with E-state index in [9.17, 15) is 4.79 Å². The molecule has 3 aliphatic carbocycles. The molecule has 0 heterocycles. The van der Waals surface area contributed by atoms with Crippen molar-refractivity contribution in [2.75, 3.05) is 0 Å². The van der Waals surface area contributed by atoms with Crippen LogP contribution < -0.4 is 0 Å². The minimum absolute atomic E-state index is 0.0926. The number of rotatable bonds is 5. The first-order chi connectivity index (χ1) is 12.3. The summed E-state index contributed by atoms with van der Waals surface area (Å²) in [5, 5.41) is 0. The molecule has 1 aromatic rings. The Balaban J connectivity index is 1.40. The molecule has 1 aromatic carbocycles. The Bertz CT molecular complexity index is 537. The molecule has 0 aromatic heterocycles. The van der Waals surface area contributed by atoms with Gasteiger partial charge in [-0.25, -0.2) is 0 Å². The van der Waals surface area contributed by atoms with Gasteiger partial charge in [0.15, 0.2) is 0 Å². The Kier molecular flexibility index (Phi) is 5.43. The quantitative estimate of drug-likeness (QED) is 0.627. The number of ether oxygens (including phenoxy) is 1. The maximum absolute atomic E-state index is 12.9. The highest BCUT2D eigenvalue weighted by Crippen LogP contribution is 2.49. The van der Waals surface area contributed by atoms with Crippen molar-refractivity contribution in [2.24, 2.45) is 17.8 Å². The molecule has 4 rings (SSSR count). The van der Waals surface area contributed by atoms with E-state index in [1.54, 1.807) is 0 Å². The molecule has 2 heteroatoms. The molecule has 0 spiro atoms. The molecule has 0 N–H and O–H groups in total. The van der Waals surface area contributed by atoms with Crippen LogP contribution in [-0.2, 0) is 9.53 Å². The van der Waals surface area contributed by atoms with E-state index in [1.165, 1.54) is 69.8 Å². The van der Waals surface area contributed by atoms with Gasteiger partial charge in [0.2, 0.25) is 0 Å². The predicted octanol–water partition coefficient (Wildman–Crippen LogP) is 5.86. The van der Waals surface area contributed by atoms with Gasteiger partial charge in [-0.05, 0) is 55.4 Å². The number of benzene rings is 1. The lowest BCUT2D eigenvalue weighted by atomic mass is 9.75. The number of hydrogen-bond acceptors (Lipinski definition) is 2. The third kappa shape index (κ3) is 4.10. The summed E-state index contributed by atoms with van der Waals surface area (Å²) in [6, 6.07) is 10.5. The largest absolute Gasteiger partial charge is 0.462 e. The van der Waals surface area contributed by atoms with Crippen molar-refractivity contribution in [2.45, 2.75) is 82.7 Å². The van der Waals surface area contributed by atoms with Crippen LogP contribution in [0.3, 0.4) is 0 Å². The summed E-state index contributed by atoms with van der Waals surface area (Å²) >= 11 is 0. The lowest BCUT2D eigenvalue weighted by Gasteiger charge is -2.37. The summed E-state index contributed by atoms with van der Waals surface area (Å²) in [4.78, 5) is 12.9. The Morgan fingerprint density at radius 3 is 1.96 bits per heavy atom. The Morgan fingerprint density at radius 2 is 1.40 bits per heavy atom. The standard InChI is InChI=1S/C23H32O2/c24-23(21-16-20(21)17-10-4-1-5-11-17)25-22(18-12-6-2-7-13-18)19-14-8-3-9-15-19/h1,4-5,10-11,18-22H,2-3,6-9,12-16H2/t20-,21-/m1/s1. The summed E-state index contributed by atoms with van der Waals surface area (Å²) in [6.07, 6.45) is 14.2. The lowest BCUT2D eigenvalue weighted by Crippen LogP contribution is -2.37. The van der Waals surface area contributed by atoms with Gasteiger partial charge in [-0.2, -0.15) is 0 Å². The zero-order valence-electron chi connectivity index (χ0n) is 15.4. The van der Waals surface area contributed by atoms with Gasteiger partial charge in [0.25, 0.3) is 0 Å². The first-order valence-electron chi connectivity index (χ1n) is 10.6. The minimum atomic E-state index is 0.0926. The smallest absolute Gasteiger partial charge is 0.309 e. The highest BCUT2D eigenvalue weighted by Gasteiger charge is 2.47. The van der Waals surface area contributed by atoms with Crippen molar-refractivity contribution in [3.63, 3.8) is 0 Å². The van der Waals surface area contributed by atoms with Gasteiger partial charge in [-0.1, -0.05) is 68.9 Å². The fourth-order valence-electron chi connectivity index (χ4n) is 5.25. The summed E-state index contributed by atoms with van der Waals surface area (Å²) in [5.41, 5.74) is 1.30. The second-order valence-corrected chi connectivity index (χ2v) is 8.56. The van der Waals surface area contributed by atoms with Gasteiger partial charge in [0.05, 0.1) is 5.92 Å². The zero-order valence-corrected chi connectivity index (χ0v) is 15.4. The van der Waals surface area contributed by atoms with Gasteiger partial charge in [0.1, 0.15) is 6.10 Å². The Labute approximate surface area is 152 Å². The maximum Gasteiger partial charge on any atom is 0.309 e. The highest BCUT2D eigenvalue weighted by atomic mass is 16.5. The van der Waals surface area contributed by atoms with E-state index >= 15 is 0 Å². The molecular formula is C23H32O2. The number of hydrogen-bond donors (Lipinski definition) is 0. The SMILES string of the molecule is O=C(OC(C1CCCCC1)C1CCCCC1)[C@@H]1C[C@@H]1c1ccccc1. The van der Waals surface area contributed by atoms with Crippen molar-refractivity contribution >= 4 is 5.97 Å². The van der Waals surface area contributed by atoms with Crippen molar-refractivity contribution in [1.82, 2.24) is 0 Å². The Morgan fingerprint density at radius 1 is 0.840 bits per heavy atom. The maximum atomic E-state index is 12.9.